The molecule has 0 saturated carbocycles. The summed E-state index contributed by atoms with van der Waals surface area (Å²) in [5.41, 5.74) is 9.83. The lowest BCUT2D eigenvalue weighted by Gasteiger charge is -2.21. The molecular weight excluding hydrogens is 220 g/mol. The maximum absolute atomic E-state index is 5.98. The summed E-state index contributed by atoms with van der Waals surface area (Å²) in [5, 5.41) is 0.748. The van der Waals surface area contributed by atoms with E-state index in [9.17, 15) is 0 Å². The van der Waals surface area contributed by atoms with Crippen molar-refractivity contribution in [3.8, 4) is 5.19 Å². The van der Waals surface area contributed by atoms with Crippen molar-refractivity contribution >= 4 is 21.6 Å². The van der Waals surface area contributed by atoms with Gasteiger partial charge in [0, 0.05) is 6.04 Å². The van der Waals surface area contributed by atoms with Gasteiger partial charge < -0.3 is 10.5 Å². The molecule has 1 aromatic heterocycles. The third-order valence-corrected chi connectivity index (χ3v) is 4.15. The van der Waals surface area contributed by atoms with Gasteiger partial charge in [0.1, 0.15) is 0 Å². The number of nitrogens with two attached hydrogens (primary N) is 1. The van der Waals surface area contributed by atoms with Gasteiger partial charge in [-0.25, -0.2) is 4.98 Å². The number of benzene rings is 1. The second-order valence-corrected chi connectivity index (χ2v) is 5.23. The lowest BCUT2D eigenvalue weighted by Crippen LogP contribution is -2.27. The molecule has 1 aromatic carbocycles. The van der Waals surface area contributed by atoms with Crippen LogP contribution in [0.4, 0.5) is 0 Å². The monoisotopic (exact) mass is 234 g/mol. The van der Waals surface area contributed by atoms with Crippen molar-refractivity contribution < 1.29 is 4.74 Å². The zero-order valence-corrected chi connectivity index (χ0v) is 10.0. The van der Waals surface area contributed by atoms with E-state index in [-0.39, 0.29) is 0 Å². The Bertz CT molecular complexity index is 535. The maximum atomic E-state index is 5.98. The summed E-state index contributed by atoms with van der Waals surface area (Å²) in [6, 6.07) is 4.63. The van der Waals surface area contributed by atoms with Crippen LogP contribution < -0.4 is 10.5 Å². The van der Waals surface area contributed by atoms with Crippen LogP contribution in [0.5, 0.6) is 5.19 Å². The van der Waals surface area contributed by atoms with Gasteiger partial charge in [0.05, 0.1) is 17.3 Å². The van der Waals surface area contributed by atoms with Crippen molar-refractivity contribution in [3.63, 3.8) is 0 Å². The summed E-state index contributed by atoms with van der Waals surface area (Å²) in [5.74, 6) is 0. The predicted molar refractivity (Wildman–Crippen MR) is 66.2 cm³/mol. The number of hydrogen-bond acceptors (Lipinski definition) is 4. The molecule has 2 N–H and O–H groups in total. The van der Waals surface area contributed by atoms with E-state index in [4.69, 9.17) is 10.5 Å². The summed E-state index contributed by atoms with van der Waals surface area (Å²) in [7, 11) is 1.67. The first-order valence-corrected chi connectivity index (χ1v) is 6.30. The number of aryl methyl sites for hydroxylation is 1. The van der Waals surface area contributed by atoms with Gasteiger partial charge in [-0.15, -0.1) is 0 Å². The van der Waals surface area contributed by atoms with Crippen LogP contribution in [0.3, 0.4) is 0 Å². The molecule has 1 heterocycles. The molecule has 0 aliphatic heterocycles. The van der Waals surface area contributed by atoms with Gasteiger partial charge in [-0.1, -0.05) is 17.4 Å². The number of methoxy groups -OCH3 is 1. The summed E-state index contributed by atoms with van der Waals surface area (Å²) in [6.45, 7) is 0. The molecule has 1 atom stereocenters. The zero-order valence-electron chi connectivity index (χ0n) is 9.19. The standard InChI is InChI=1S/C12H14N2OS/c1-15-12-14-11-9-4-3-8(13)6-7(9)2-5-10(11)16-12/h2,5,8H,3-4,6,13H2,1H3. The second-order valence-electron chi connectivity index (χ2n) is 4.24. The van der Waals surface area contributed by atoms with Crippen molar-refractivity contribution in [2.24, 2.45) is 5.73 Å². The highest BCUT2D eigenvalue weighted by Gasteiger charge is 2.19. The Morgan fingerprint density at radius 3 is 3.19 bits per heavy atom. The minimum absolute atomic E-state index is 0.311. The van der Waals surface area contributed by atoms with Crippen LogP contribution >= 0.6 is 11.3 Å². The zero-order chi connectivity index (χ0) is 11.1. The van der Waals surface area contributed by atoms with E-state index < -0.39 is 0 Å². The molecule has 0 saturated heterocycles. The number of hydrogen-bond donors (Lipinski definition) is 1. The first-order valence-electron chi connectivity index (χ1n) is 5.49. The minimum Gasteiger partial charge on any atom is -0.473 e. The van der Waals surface area contributed by atoms with E-state index in [1.165, 1.54) is 15.8 Å². The summed E-state index contributed by atoms with van der Waals surface area (Å²) >= 11 is 1.61. The molecule has 0 spiro atoms. The average Bonchev–Trinajstić information content (AvgIpc) is 2.71. The van der Waals surface area contributed by atoms with Gasteiger partial charge in [0.15, 0.2) is 0 Å². The summed E-state index contributed by atoms with van der Waals surface area (Å²) in [4.78, 5) is 4.53. The van der Waals surface area contributed by atoms with Crippen LogP contribution in [0.1, 0.15) is 17.5 Å². The van der Waals surface area contributed by atoms with E-state index in [1.54, 1.807) is 18.4 Å². The fourth-order valence-electron chi connectivity index (χ4n) is 2.34. The van der Waals surface area contributed by atoms with Crippen molar-refractivity contribution in [3.05, 3.63) is 23.3 Å². The number of ether oxygens (including phenoxy) is 1. The smallest absolute Gasteiger partial charge is 0.274 e. The largest absolute Gasteiger partial charge is 0.473 e. The number of thiazole rings is 1. The number of nitrogens with zero attached hydrogens (tertiary/aromatic N) is 1. The maximum Gasteiger partial charge on any atom is 0.274 e. The van der Waals surface area contributed by atoms with Crippen molar-refractivity contribution in [1.29, 1.82) is 0 Å². The molecule has 0 radical (unpaired) electrons. The van der Waals surface area contributed by atoms with Crippen LogP contribution in [0.15, 0.2) is 12.1 Å². The molecule has 3 rings (SSSR count). The van der Waals surface area contributed by atoms with Crippen LogP contribution in [0, 0.1) is 0 Å². The lowest BCUT2D eigenvalue weighted by molar-refractivity contribution is 0.413. The topological polar surface area (TPSA) is 48.1 Å². The van der Waals surface area contributed by atoms with E-state index in [0.29, 0.717) is 6.04 Å². The summed E-state index contributed by atoms with van der Waals surface area (Å²) < 4.78 is 6.41. The van der Waals surface area contributed by atoms with Gasteiger partial charge >= 0.3 is 0 Å². The van der Waals surface area contributed by atoms with Gasteiger partial charge in [0.25, 0.3) is 5.19 Å². The first kappa shape index (κ1) is 10.1. The highest BCUT2D eigenvalue weighted by Crippen LogP contribution is 2.34. The molecule has 4 heteroatoms. The van der Waals surface area contributed by atoms with Gasteiger partial charge in [-0.05, 0) is 36.5 Å². The van der Waals surface area contributed by atoms with Gasteiger partial charge in [0.2, 0.25) is 0 Å². The van der Waals surface area contributed by atoms with Crippen molar-refractivity contribution in [2.75, 3.05) is 7.11 Å². The van der Waals surface area contributed by atoms with Gasteiger partial charge in [-0.3, -0.25) is 0 Å². The normalized spacial score (nSPS) is 19.8. The molecule has 1 unspecified atom stereocenters. The van der Waals surface area contributed by atoms with E-state index in [0.717, 1.165) is 30.0 Å². The Labute approximate surface area is 98.2 Å². The Morgan fingerprint density at radius 2 is 2.38 bits per heavy atom. The third-order valence-electron chi connectivity index (χ3n) is 3.16. The van der Waals surface area contributed by atoms with E-state index in [2.05, 4.69) is 17.1 Å². The highest BCUT2D eigenvalue weighted by atomic mass is 32.1. The van der Waals surface area contributed by atoms with Crippen molar-refractivity contribution in [1.82, 2.24) is 4.98 Å². The Balaban J connectivity index is 2.19. The lowest BCUT2D eigenvalue weighted by atomic mass is 9.88. The number of rotatable bonds is 1. The first-order chi connectivity index (χ1) is 7.78. The molecule has 0 amide bonds. The minimum atomic E-state index is 0.311. The molecular formula is C12H14N2OS. The van der Waals surface area contributed by atoms with E-state index >= 15 is 0 Å². The Hall–Kier alpha value is -1.13. The average molecular weight is 234 g/mol. The molecule has 84 valence electrons. The fourth-order valence-corrected chi connectivity index (χ4v) is 3.15. The molecule has 0 fully saturated rings. The molecule has 2 aromatic rings. The van der Waals surface area contributed by atoms with Crippen LogP contribution in [-0.2, 0) is 12.8 Å². The van der Waals surface area contributed by atoms with Crippen LogP contribution in [0.2, 0.25) is 0 Å². The summed E-state index contributed by atoms with van der Waals surface area (Å²) in [6.07, 6.45) is 3.08. The molecule has 1 aliphatic rings. The Kier molecular flexibility index (Phi) is 2.33. The quantitative estimate of drug-likeness (QED) is 0.822. The van der Waals surface area contributed by atoms with Crippen molar-refractivity contribution in [2.45, 2.75) is 25.3 Å². The molecule has 0 bridgehead atoms. The second kappa shape index (κ2) is 3.71. The third kappa shape index (κ3) is 1.49. The number of fused-ring (bicyclic) bond motifs is 3. The van der Waals surface area contributed by atoms with Crippen LogP contribution in [-0.4, -0.2) is 18.1 Å². The fraction of sp³-hybridized carbons (Fsp3) is 0.417. The van der Waals surface area contributed by atoms with E-state index in [1.807, 2.05) is 0 Å². The molecule has 16 heavy (non-hydrogen) atoms. The molecule has 1 aliphatic carbocycles. The van der Waals surface area contributed by atoms with Gasteiger partial charge in [-0.2, -0.15) is 0 Å². The SMILES string of the molecule is COc1nc2c3c(ccc2s1)CC(N)CC3. The van der Waals surface area contributed by atoms with Crippen LogP contribution in [0.25, 0.3) is 10.2 Å². The highest BCUT2D eigenvalue weighted by molar-refractivity contribution is 7.20. The number of aromatic nitrogens is 1. The Morgan fingerprint density at radius 1 is 1.50 bits per heavy atom. The predicted octanol–water partition coefficient (Wildman–Crippen LogP) is 2.12. The molecule has 3 nitrogen and oxygen atoms in total.